The van der Waals surface area contributed by atoms with E-state index >= 15 is 0 Å². The van der Waals surface area contributed by atoms with Crippen molar-refractivity contribution in [3.63, 3.8) is 0 Å². The Morgan fingerprint density at radius 3 is 3.08 bits per heavy atom. The maximum atomic E-state index is 5.43. The first kappa shape index (κ1) is 10.3. The van der Waals surface area contributed by atoms with E-state index in [0.717, 1.165) is 23.4 Å². The highest BCUT2D eigenvalue weighted by molar-refractivity contribution is 7.05. The van der Waals surface area contributed by atoms with E-state index in [1.54, 1.807) is 0 Å². The second kappa shape index (κ2) is 5.06. The van der Waals surface area contributed by atoms with Crippen molar-refractivity contribution in [1.82, 2.24) is 15.0 Å². The lowest BCUT2D eigenvalue weighted by molar-refractivity contribution is 0.565. The van der Waals surface area contributed by atoms with Gasteiger partial charge in [-0.25, -0.2) is 0 Å². The molecule has 1 aromatic heterocycles. The topological polar surface area (TPSA) is 63.8 Å². The summed E-state index contributed by atoms with van der Waals surface area (Å²) >= 11 is 1.40. The standard InChI is InChI=1S/C8H14N4S/c1-3-5-7(10-9)8-6(4-2)11-12-13-8/h3,7,10H,1,4-5,9H2,2H3. The van der Waals surface area contributed by atoms with Crippen LogP contribution in [0, 0.1) is 0 Å². The van der Waals surface area contributed by atoms with Crippen molar-refractivity contribution in [3.8, 4) is 0 Å². The Kier molecular flexibility index (Phi) is 4.01. The Bertz CT molecular complexity index is 271. The lowest BCUT2D eigenvalue weighted by Crippen LogP contribution is -2.27. The molecule has 0 bridgehead atoms. The summed E-state index contributed by atoms with van der Waals surface area (Å²) in [6.07, 6.45) is 3.53. The van der Waals surface area contributed by atoms with Gasteiger partial charge in [-0.15, -0.1) is 11.7 Å². The van der Waals surface area contributed by atoms with Gasteiger partial charge in [-0.2, -0.15) is 0 Å². The second-order valence-corrected chi connectivity index (χ2v) is 3.47. The molecule has 0 saturated carbocycles. The quantitative estimate of drug-likeness (QED) is 0.423. The average molecular weight is 198 g/mol. The van der Waals surface area contributed by atoms with Gasteiger partial charge in [-0.3, -0.25) is 11.3 Å². The van der Waals surface area contributed by atoms with Crippen molar-refractivity contribution in [3.05, 3.63) is 23.2 Å². The van der Waals surface area contributed by atoms with Crippen molar-refractivity contribution in [2.45, 2.75) is 25.8 Å². The molecule has 1 unspecified atom stereocenters. The Balaban J connectivity index is 2.82. The van der Waals surface area contributed by atoms with E-state index in [1.807, 2.05) is 6.08 Å². The van der Waals surface area contributed by atoms with Crippen molar-refractivity contribution in [2.24, 2.45) is 5.84 Å². The van der Waals surface area contributed by atoms with Crippen LogP contribution in [-0.2, 0) is 6.42 Å². The van der Waals surface area contributed by atoms with Gasteiger partial charge >= 0.3 is 0 Å². The third-order valence-corrected chi connectivity index (χ3v) is 2.72. The zero-order valence-corrected chi connectivity index (χ0v) is 8.47. The van der Waals surface area contributed by atoms with Gasteiger partial charge in [-0.05, 0) is 24.4 Å². The van der Waals surface area contributed by atoms with Gasteiger partial charge in [0.05, 0.1) is 16.6 Å². The summed E-state index contributed by atoms with van der Waals surface area (Å²) in [7, 11) is 0. The molecule has 0 aromatic carbocycles. The predicted molar refractivity (Wildman–Crippen MR) is 54.2 cm³/mol. The van der Waals surface area contributed by atoms with E-state index in [0.29, 0.717) is 0 Å². The van der Waals surface area contributed by atoms with E-state index in [-0.39, 0.29) is 6.04 Å². The number of aromatic nitrogens is 2. The molecule has 1 atom stereocenters. The van der Waals surface area contributed by atoms with Crippen LogP contribution >= 0.6 is 11.5 Å². The summed E-state index contributed by atoms with van der Waals surface area (Å²) in [6, 6.07) is 0.104. The van der Waals surface area contributed by atoms with Crippen molar-refractivity contribution >= 4 is 11.5 Å². The number of nitrogens with two attached hydrogens (primary N) is 1. The number of nitrogens with zero attached hydrogens (tertiary/aromatic N) is 2. The summed E-state index contributed by atoms with van der Waals surface area (Å²) in [5.74, 6) is 5.43. The van der Waals surface area contributed by atoms with Gasteiger partial charge in [0.2, 0.25) is 0 Å². The molecule has 1 aromatic rings. The molecule has 0 aliphatic heterocycles. The van der Waals surface area contributed by atoms with Crippen LogP contribution in [0.2, 0.25) is 0 Å². The predicted octanol–water partition coefficient (Wildman–Crippen LogP) is 1.18. The van der Waals surface area contributed by atoms with E-state index in [9.17, 15) is 0 Å². The van der Waals surface area contributed by atoms with Crippen molar-refractivity contribution in [1.29, 1.82) is 0 Å². The Labute approximate surface area is 82.0 Å². The molecule has 72 valence electrons. The minimum Gasteiger partial charge on any atom is -0.271 e. The molecule has 0 fully saturated rings. The molecule has 0 aliphatic rings. The van der Waals surface area contributed by atoms with Gasteiger partial charge < -0.3 is 0 Å². The third-order valence-electron chi connectivity index (χ3n) is 1.84. The molecule has 0 amide bonds. The average Bonchev–Trinajstić information content (AvgIpc) is 2.61. The van der Waals surface area contributed by atoms with Crippen LogP contribution in [0.4, 0.5) is 0 Å². The molecule has 0 saturated heterocycles. The SMILES string of the molecule is C=CCC(NN)c1snnc1CC. The van der Waals surface area contributed by atoms with Crippen LogP contribution in [0.15, 0.2) is 12.7 Å². The highest BCUT2D eigenvalue weighted by atomic mass is 32.1. The maximum Gasteiger partial charge on any atom is 0.0801 e. The molecule has 4 nitrogen and oxygen atoms in total. The minimum atomic E-state index is 0.104. The van der Waals surface area contributed by atoms with Crippen molar-refractivity contribution in [2.75, 3.05) is 0 Å². The van der Waals surface area contributed by atoms with E-state index in [4.69, 9.17) is 5.84 Å². The first-order chi connectivity index (χ1) is 6.33. The van der Waals surface area contributed by atoms with Gasteiger partial charge in [0.1, 0.15) is 0 Å². The van der Waals surface area contributed by atoms with Gasteiger partial charge in [0.15, 0.2) is 0 Å². The molecule has 0 radical (unpaired) electrons. The van der Waals surface area contributed by atoms with Crippen LogP contribution in [0.1, 0.15) is 30.0 Å². The fourth-order valence-corrected chi connectivity index (χ4v) is 1.95. The largest absolute Gasteiger partial charge is 0.271 e. The van der Waals surface area contributed by atoms with Gasteiger partial charge in [0, 0.05) is 0 Å². The molecule has 1 rings (SSSR count). The third kappa shape index (κ3) is 2.33. The number of hydrogen-bond donors (Lipinski definition) is 2. The summed E-state index contributed by atoms with van der Waals surface area (Å²) < 4.78 is 3.91. The lowest BCUT2D eigenvalue weighted by atomic mass is 10.1. The Morgan fingerprint density at radius 2 is 2.54 bits per heavy atom. The molecule has 3 N–H and O–H groups in total. The fraction of sp³-hybridized carbons (Fsp3) is 0.500. The molecule has 13 heavy (non-hydrogen) atoms. The Morgan fingerprint density at radius 1 is 1.77 bits per heavy atom. The number of nitrogens with one attached hydrogen (secondary N) is 1. The number of aryl methyl sites for hydroxylation is 1. The van der Waals surface area contributed by atoms with Crippen LogP contribution in [-0.4, -0.2) is 9.59 Å². The summed E-state index contributed by atoms with van der Waals surface area (Å²) in [6.45, 7) is 5.74. The fourth-order valence-electron chi connectivity index (χ4n) is 1.14. The molecular weight excluding hydrogens is 184 g/mol. The van der Waals surface area contributed by atoms with Gasteiger partial charge in [-0.1, -0.05) is 17.5 Å². The number of hydrogen-bond acceptors (Lipinski definition) is 5. The number of hydrazine groups is 1. The van der Waals surface area contributed by atoms with Crippen LogP contribution in [0.5, 0.6) is 0 Å². The van der Waals surface area contributed by atoms with E-state index in [1.165, 1.54) is 11.5 Å². The van der Waals surface area contributed by atoms with Gasteiger partial charge in [0.25, 0.3) is 0 Å². The zero-order chi connectivity index (χ0) is 9.68. The molecule has 0 spiro atoms. The smallest absolute Gasteiger partial charge is 0.0801 e. The van der Waals surface area contributed by atoms with E-state index in [2.05, 4.69) is 28.5 Å². The molecule has 5 heteroatoms. The monoisotopic (exact) mass is 198 g/mol. The second-order valence-electron chi connectivity index (χ2n) is 2.68. The zero-order valence-electron chi connectivity index (χ0n) is 7.66. The maximum absolute atomic E-state index is 5.43. The Hall–Kier alpha value is -0.780. The number of rotatable bonds is 5. The van der Waals surface area contributed by atoms with Crippen molar-refractivity contribution < 1.29 is 0 Å². The lowest BCUT2D eigenvalue weighted by Gasteiger charge is -2.11. The van der Waals surface area contributed by atoms with Crippen LogP contribution < -0.4 is 11.3 Å². The first-order valence-corrected chi connectivity index (χ1v) is 4.99. The minimum absolute atomic E-state index is 0.104. The highest BCUT2D eigenvalue weighted by Gasteiger charge is 2.15. The molecule has 0 aliphatic carbocycles. The highest BCUT2D eigenvalue weighted by Crippen LogP contribution is 2.22. The van der Waals surface area contributed by atoms with E-state index < -0.39 is 0 Å². The molecular formula is C8H14N4S. The normalized spacial score (nSPS) is 12.8. The van der Waals surface area contributed by atoms with Crippen LogP contribution in [0.3, 0.4) is 0 Å². The molecule has 1 heterocycles. The summed E-state index contributed by atoms with van der Waals surface area (Å²) in [5, 5.41) is 4.02. The summed E-state index contributed by atoms with van der Waals surface area (Å²) in [5.41, 5.74) is 3.76. The van der Waals surface area contributed by atoms with Crippen LogP contribution in [0.25, 0.3) is 0 Å². The summed E-state index contributed by atoms with van der Waals surface area (Å²) in [4.78, 5) is 1.12. The first-order valence-electron chi connectivity index (χ1n) is 4.21.